The van der Waals surface area contributed by atoms with E-state index in [-0.39, 0.29) is 24.4 Å². The molecule has 26 heavy (non-hydrogen) atoms. The van der Waals surface area contributed by atoms with Crippen LogP contribution in [0.5, 0.6) is 0 Å². The number of piperidine rings is 1. The molecular weight excluding hydrogens is 355 g/mol. The van der Waals surface area contributed by atoms with E-state index in [1.165, 1.54) is 16.8 Å². The Morgan fingerprint density at radius 2 is 1.85 bits per heavy atom. The number of aryl methyl sites for hydroxylation is 1. The minimum absolute atomic E-state index is 0.0268. The van der Waals surface area contributed by atoms with Gasteiger partial charge in [0.05, 0.1) is 22.7 Å². The number of hydrogen-bond donors (Lipinski definition) is 1. The van der Waals surface area contributed by atoms with Gasteiger partial charge in [-0.05, 0) is 37.5 Å². The summed E-state index contributed by atoms with van der Waals surface area (Å²) in [4.78, 5) is 0. The summed E-state index contributed by atoms with van der Waals surface area (Å²) in [5.41, 5.74) is -1.64. The third kappa shape index (κ3) is 3.44. The van der Waals surface area contributed by atoms with E-state index in [9.17, 15) is 22.0 Å². The number of alkyl halides is 5. The van der Waals surface area contributed by atoms with Crippen LogP contribution in [-0.2, 0) is 18.6 Å². The quantitative estimate of drug-likeness (QED) is 0.830. The van der Waals surface area contributed by atoms with Crippen LogP contribution in [0.1, 0.15) is 42.6 Å². The van der Waals surface area contributed by atoms with Crippen molar-refractivity contribution in [1.29, 1.82) is 0 Å². The molecule has 1 N–H and O–H groups in total. The van der Waals surface area contributed by atoms with Gasteiger partial charge in [-0.25, -0.2) is 8.78 Å². The Kier molecular flexibility index (Phi) is 4.76. The van der Waals surface area contributed by atoms with Gasteiger partial charge in [0.15, 0.2) is 0 Å². The molecular formula is C17H19F5N4. The molecule has 0 spiro atoms. The van der Waals surface area contributed by atoms with Gasteiger partial charge in [-0.15, -0.1) is 5.10 Å². The van der Waals surface area contributed by atoms with E-state index in [2.05, 4.69) is 15.6 Å². The van der Waals surface area contributed by atoms with Gasteiger partial charge >= 0.3 is 6.18 Å². The molecule has 0 amide bonds. The minimum Gasteiger partial charge on any atom is -0.306 e. The molecule has 0 saturated carbocycles. The summed E-state index contributed by atoms with van der Waals surface area (Å²) in [7, 11) is 1.68. The highest BCUT2D eigenvalue weighted by Crippen LogP contribution is 2.46. The van der Waals surface area contributed by atoms with Crippen LogP contribution in [0.25, 0.3) is 0 Å². The van der Waals surface area contributed by atoms with Crippen LogP contribution in [0.15, 0.2) is 30.5 Å². The monoisotopic (exact) mass is 374 g/mol. The van der Waals surface area contributed by atoms with Gasteiger partial charge in [-0.1, -0.05) is 17.3 Å². The molecule has 1 aromatic heterocycles. The molecule has 1 saturated heterocycles. The van der Waals surface area contributed by atoms with Crippen molar-refractivity contribution in [3.8, 4) is 0 Å². The highest BCUT2D eigenvalue weighted by Gasteiger charge is 2.48. The first-order valence-corrected chi connectivity index (χ1v) is 8.20. The van der Waals surface area contributed by atoms with Crippen molar-refractivity contribution in [2.24, 2.45) is 7.05 Å². The van der Waals surface area contributed by atoms with E-state index in [1.54, 1.807) is 20.2 Å². The fourth-order valence-electron chi connectivity index (χ4n) is 3.70. The number of benzene rings is 1. The van der Waals surface area contributed by atoms with Gasteiger partial charge in [0.2, 0.25) is 6.43 Å². The van der Waals surface area contributed by atoms with Gasteiger partial charge in [0.1, 0.15) is 0 Å². The van der Waals surface area contributed by atoms with E-state index in [0.717, 1.165) is 12.1 Å². The maximum atomic E-state index is 14.2. The molecule has 1 fully saturated rings. The third-order valence-electron chi connectivity index (χ3n) is 4.91. The maximum Gasteiger partial charge on any atom is 0.416 e. The SMILES string of the molecule is C[C@H]1CC(c2ccc(C(F)(F)F)cc2)(C(F)F)C[C@@H](c2cn(C)nn2)N1. The van der Waals surface area contributed by atoms with Gasteiger partial charge in [0, 0.05) is 19.3 Å². The molecule has 1 aromatic carbocycles. The topological polar surface area (TPSA) is 42.7 Å². The van der Waals surface area contributed by atoms with E-state index in [1.807, 2.05) is 0 Å². The Hall–Kier alpha value is -2.03. The number of halogens is 5. The van der Waals surface area contributed by atoms with Crippen LogP contribution < -0.4 is 5.32 Å². The normalized spacial score (nSPS) is 27.1. The number of hydrogen-bond acceptors (Lipinski definition) is 3. The number of nitrogens with one attached hydrogen (secondary N) is 1. The van der Waals surface area contributed by atoms with Crippen molar-refractivity contribution >= 4 is 0 Å². The highest BCUT2D eigenvalue weighted by molar-refractivity contribution is 5.33. The van der Waals surface area contributed by atoms with Gasteiger partial charge in [-0.2, -0.15) is 13.2 Å². The molecule has 1 unspecified atom stereocenters. The van der Waals surface area contributed by atoms with Gasteiger partial charge < -0.3 is 5.32 Å². The van der Waals surface area contributed by atoms with Crippen LogP contribution in [0.3, 0.4) is 0 Å². The fourth-order valence-corrected chi connectivity index (χ4v) is 3.70. The predicted molar refractivity (Wildman–Crippen MR) is 84.7 cm³/mol. The van der Waals surface area contributed by atoms with Crippen LogP contribution in [0, 0.1) is 0 Å². The first kappa shape index (κ1) is 18.8. The number of aromatic nitrogens is 3. The summed E-state index contributed by atoms with van der Waals surface area (Å²) < 4.78 is 68.2. The van der Waals surface area contributed by atoms with Crippen LogP contribution in [0.4, 0.5) is 22.0 Å². The van der Waals surface area contributed by atoms with Crippen molar-refractivity contribution in [1.82, 2.24) is 20.3 Å². The van der Waals surface area contributed by atoms with Crippen molar-refractivity contribution in [2.75, 3.05) is 0 Å². The second-order valence-corrected chi connectivity index (χ2v) is 6.88. The van der Waals surface area contributed by atoms with Crippen LogP contribution in [0.2, 0.25) is 0 Å². The second kappa shape index (κ2) is 6.61. The Labute approximate surface area is 147 Å². The number of nitrogens with zero attached hydrogens (tertiary/aromatic N) is 3. The van der Waals surface area contributed by atoms with Gasteiger partial charge in [0.25, 0.3) is 0 Å². The van der Waals surface area contributed by atoms with E-state index < -0.39 is 29.6 Å². The minimum atomic E-state index is -4.50. The Balaban J connectivity index is 1.98. The molecule has 9 heteroatoms. The largest absolute Gasteiger partial charge is 0.416 e. The average molecular weight is 374 g/mol. The summed E-state index contributed by atoms with van der Waals surface area (Å²) in [6, 6.07) is 3.35. The summed E-state index contributed by atoms with van der Waals surface area (Å²) in [5, 5.41) is 11.1. The molecule has 2 heterocycles. The van der Waals surface area contributed by atoms with Crippen molar-refractivity contribution in [2.45, 2.75) is 49.9 Å². The summed E-state index contributed by atoms with van der Waals surface area (Å²) in [6.45, 7) is 1.78. The Morgan fingerprint density at radius 1 is 1.19 bits per heavy atom. The van der Waals surface area contributed by atoms with E-state index >= 15 is 0 Å². The first-order valence-electron chi connectivity index (χ1n) is 8.20. The molecule has 0 bridgehead atoms. The third-order valence-corrected chi connectivity index (χ3v) is 4.91. The standard InChI is InChI=1S/C17H19F5N4/c1-10-7-16(15(18)19,8-13(23-10)14-9-26(2)25-24-14)11-3-5-12(6-4-11)17(20,21)22/h3-6,9-10,13,15,23H,7-8H2,1-2H3/t10-,13-,16?/m0/s1. The predicted octanol–water partition coefficient (Wildman–Crippen LogP) is 3.85. The lowest BCUT2D eigenvalue weighted by atomic mass is 9.68. The summed E-state index contributed by atoms with van der Waals surface area (Å²) in [6.07, 6.45) is -5.42. The van der Waals surface area contributed by atoms with Crippen LogP contribution >= 0.6 is 0 Å². The Bertz CT molecular complexity index is 755. The highest BCUT2D eigenvalue weighted by atomic mass is 19.4. The Morgan fingerprint density at radius 3 is 2.35 bits per heavy atom. The molecule has 2 aromatic rings. The fraction of sp³-hybridized carbons (Fsp3) is 0.529. The van der Waals surface area contributed by atoms with E-state index in [4.69, 9.17) is 0 Å². The summed E-state index contributed by atoms with van der Waals surface area (Å²) in [5.74, 6) is 0. The lowest BCUT2D eigenvalue weighted by Crippen LogP contribution is -2.50. The molecule has 0 radical (unpaired) electrons. The van der Waals surface area contributed by atoms with Crippen molar-refractivity contribution in [3.63, 3.8) is 0 Å². The zero-order valence-corrected chi connectivity index (χ0v) is 14.3. The number of rotatable bonds is 3. The molecule has 3 rings (SSSR count). The lowest BCUT2D eigenvalue weighted by Gasteiger charge is -2.44. The molecule has 142 valence electrons. The molecule has 0 aliphatic carbocycles. The molecule has 1 aliphatic rings. The molecule has 1 aliphatic heterocycles. The molecule has 3 atom stereocenters. The molecule has 4 nitrogen and oxygen atoms in total. The second-order valence-electron chi connectivity index (χ2n) is 6.88. The van der Waals surface area contributed by atoms with Crippen molar-refractivity contribution < 1.29 is 22.0 Å². The smallest absolute Gasteiger partial charge is 0.306 e. The van der Waals surface area contributed by atoms with Crippen LogP contribution in [-0.4, -0.2) is 27.5 Å². The zero-order chi connectivity index (χ0) is 19.1. The zero-order valence-electron chi connectivity index (χ0n) is 14.3. The maximum absolute atomic E-state index is 14.2. The van der Waals surface area contributed by atoms with Gasteiger partial charge in [-0.3, -0.25) is 4.68 Å². The van der Waals surface area contributed by atoms with Crippen molar-refractivity contribution in [3.05, 3.63) is 47.3 Å². The van der Waals surface area contributed by atoms with E-state index in [0.29, 0.717) is 5.69 Å². The summed E-state index contributed by atoms with van der Waals surface area (Å²) >= 11 is 0. The lowest BCUT2D eigenvalue weighted by molar-refractivity contribution is -0.137. The average Bonchev–Trinajstić information content (AvgIpc) is 3.00. The first-order chi connectivity index (χ1) is 12.1.